The first-order valence-corrected chi connectivity index (χ1v) is 8.46. The first-order chi connectivity index (χ1) is 12.2. The Morgan fingerprint density at radius 1 is 1.12 bits per heavy atom. The molecule has 4 heteroatoms. The van der Waals surface area contributed by atoms with Gasteiger partial charge < -0.3 is 14.4 Å². The van der Waals surface area contributed by atoms with Gasteiger partial charge in [-0.3, -0.25) is 4.79 Å². The summed E-state index contributed by atoms with van der Waals surface area (Å²) < 4.78 is 10.7. The summed E-state index contributed by atoms with van der Waals surface area (Å²) in [6.45, 7) is 0.517. The molecule has 0 radical (unpaired) electrons. The van der Waals surface area contributed by atoms with Gasteiger partial charge in [0.1, 0.15) is 11.5 Å². The summed E-state index contributed by atoms with van der Waals surface area (Å²) in [6, 6.07) is 15.8. The Labute approximate surface area is 148 Å². The third kappa shape index (κ3) is 4.41. The molecule has 25 heavy (non-hydrogen) atoms. The normalized spacial score (nSPS) is 13.7. The van der Waals surface area contributed by atoms with Gasteiger partial charge in [-0.05, 0) is 42.7 Å². The van der Waals surface area contributed by atoms with Crippen LogP contribution in [0.25, 0.3) is 6.08 Å². The van der Waals surface area contributed by atoms with Crippen LogP contribution in [0.1, 0.15) is 24.0 Å². The summed E-state index contributed by atoms with van der Waals surface area (Å²) in [5, 5.41) is 0. The number of nitrogens with zero attached hydrogens (tertiary/aromatic N) is 1. The average molecular weight is 337 g/mol. The second-order valence-corrected chi connectivity index (χ2v) is 6.12. The molecule has 0 N–H and O–H groups in total. The first-order valence-electron chi connectivity index (χ1n) is 8.46. The molecule has 0 aliphatic heterocycles. The number of methoxy groups -OCH3 is 2. The molecule has 1 aliphatic rings. The number of ether oxygens (including phenoxy) is 2. The maximum absolute atomic E-state index is 12.7. The van der Waals surface area contributed by atoms with Crippen LogP contribution in [-0.4, -0.2) is 31.1 Å². The summed E-state index contributed by atoms with van der Waals surface area (Å²) >= 11 is 0. The van der Waals surface area contributed by atoms with E-state index in [-0.39, 0.29) is 5.91 Å². The molecule has 1 saturated carbocycles. The van der Waals surface area contributed by atoms with Crippen molar-refractivity contribution < 1.29 is 14.3 Å². The fraction of sp³-hybridized carbons (Fsp3) is 0.286. The van der Waals surface area contributed by atoms with Gasteiger partial charge in [0.05, 0.1) is 20.8 Å². The monoisotopic (exact) mass is 337 g/mol. The van der Waals surface area contributed by atoms with E-state index in [4.69, 9.17) is 9.47 Å². The zero-order chi connectivity index (χ0) is 17.6. The maximum Gasteiger partial charge on any atom is 0.247 e. The smallest absolute Gasteiger partial charge is 0.247 e. The molecule has 4 nitrogen and oxygen atoms in total. The van der Waals surface area contributed by atoms with Gasteiger partial charge in [0.2, 0.25) is 5.91 Å². The third-order valence-corrected chi connectivity index (χ3v) is 4.32. The highest BCUT2D eigenvalue weighted by molar-refractivity contribution is 5.92. The van der Waals surface area contributed by atoms with E-state index >= 15 is 0 Å². The lowest BCUT2D eigenvalue weighted by Crippen LogP contribution is -2.31. The zero-order valence-electron chi connectivity index (χ0n) is 14.6. The maximum atomic E-state index is 12.7. The molecule has 0 bridgehead atoms. The summed E-state index contributed by atoms with van der Waals surface area (Å²) in [4.78, 5) is 14.6. The number of hydrogen-bond donors (Lipinski definition) is 0. The average Bonchev–Trinajstić information content (AvgIpc) is 3.49. The van der Waals surface area contributed by atoms with Gasteiger partial charge in [0, 0.05) is 17.7 Å². The van der Waals surface area contributed by atoms with E-state index in [9.17, 15) is 4.79 Å². The topological polar surface area (TPSA) is 38.8 Å². The van der Waals surface area contributed by atoms with Crippen molar-refractivity contribution in [3.63, 3.8) is 0 Å². The highest BCUT2D eigenvalue weighted by Crippen LogP contribution is 2.32. The molecule has 0 heterocycles. The Balaban J connectivity index is 1.78. The molecular weight excluding hydrogens is 314 g/mol. The second-order valence-electron chi connectivity index (χ2n) is 6.12. The van der Waals surface area contributed by atoms with E-state index in [1.807, 2.05) is 59.5 Å². The molecule has 0 spiro atoms. The van der Waals surface area contributed by atoms with Crippen LogP contribution >= 0.6 is 0 Å². The van der Waals surface area contributed by atoms with Crippen LogP contribution < -0.4 is 9.47 Å². The Morgan fingerprint density at radius 2 is 1.88 bits per heavy atom. The van der Waals surface area contributed by atoms with E-state index in [1.165, 1.54) is 0 Å². The Bertz CT molecular complexity index is 751. The third-order valence-electron chi connectivity index (χ3n) is 4.32. The minimum absolute atomic E-state index is 0.0243. The van der Waals surface area contributed by atoms with Crippen LogP contribution in [0.5, 0.6) is 11.5 Å². The zero-order valence-corrected chi connectivity index (χ0v) is 14.6. The molecule has 3 rings (SSSR count). The van der Waals surface area contributed by atoms with Gasteiger partial charge in [-0.15, -0.1) is 0 Å². The summed E-state index contributed by atoms with van der Waals surface area (Å²) in [7, 11) is 3.28. The number of hydrogen-bond acceptors (Lipinski definition) is 3. The molecule has 0 aromatic heterocycles. The molecule has 1 fully saturated rings. The summed E-state index contributed by atoms with van der Waals surface area (Å²) in [5.74, 6) is 1.56. The van der Waals surface area contributed by atoms with Crippen molar-refractivity contribution in [2.45, 2.75) is 25.4 Å². The van der Waals surface area contributed by atoms with E-state index in [1.54, 1.807) is 20.3 Å². The number of carbonyl (C=O) groups is 1. The van der Waals surface area contributed by atoms with E-state index in [2.05, 4.69) is 0 Å². The van der Waals surface area contributed by atoms with Gasteiger partial charge >= 0.3 is 0 Å². The van der Waals surface area contributed by atoms with Crippen molar-refractivity contribution in [1.82, 2.24) is 4.90 Å². The number of amides is 1. The number of carbonyl (C=O) groups excluding carboxylic acids is 1. The van der Waals surface area contributed by atoms with Crippen LogP contribution in [0, 0.1) is 0 Å². The van der Waals surface area contributed by atoms with Gasteiger partial charge in [-0.1, -0.05) is 30.3 Å². The predicted molar refractivity (Wildman–Crippen MR) is 98.6 cm³/mol. The van der Waals surface area contributed by atoms with Gasteiger partial charge in [0.25, 0.3) is 0 Å². The molecule has 130 valence electrons. The summed E-state index contributed by atoms with van der Waals surface area (Å²) in [5.41, 5.74) is 1.97. The van der Waals surface area contributed by atoms with E-state index in [0.29, 0.717) is 12.6 Å². The molecule has 2 aromatic rings. The van der Waals surface area contributed by atoms with Gasteiger partial charge in [-0.25, -0.2) is 0 Å². The molecule has 0 saturated heterocycles. The van der Waals surface area contributed by atoms with Gasteiger partial charge in [-0.2, -0.15) is 0 Å². The predicted octanol–water partition coefficient (Wildman–Crippen LogP) is 3.91. The number of benzene rings is 2. The van der Waals surface area contributed by atoms with Crippen LogP contribution in [0.2, 0.25) is 0 Å². The van der Waals surface area contributed by atoms with Crippen LogP contribution in [-0.2, 0) is 11.3 Å². The molecule has 0 atom stereocenters. The number of rotatable bonds is 7. The highest BCUT2D eigenvalue weighted by Gasteiger charge is 2.32. The van der Waals surface area contributed by atoms with Crippen molar-refractivity contribution in [3.05, 3.63) is 65.7 Å². The van der Waals surface area contributed by atoms with Gasteiger partial charge in [0.15, 0.2) is 0 Å². The highest BCUT2D eigenvalue weighted by atomic mass is 16.5. The minimum Gasteiger partial charge on any atom is -0.497 e. The fourth-order valence-electron chi connectivity index (χ4n) is 2.79. The second kappa shape index (κ2) is 7.88. The van der Waals surface area contributed by atoms with Crippen molar-refractivity contribution in [2.24, 2.45) is 0 Å². The Morgan fingerprint density at radius 3 is 2.52 bits per heavy atom. The van der Waals surface area contributed by atoms with Crippen molar-refractivity contribution in [3.8, 4) is 11.5 Å². The molecule has 1 amide bonds. The van der Waals surface area contributed by atoms with Crippen molar-refractivity contribution in [2.75, 3.05) is 14.2 Å². The lowest BCUT2D eigenvalue weighted by atomic mass is 10.1. The van der Waals surface area contributed by atoms with Crippen LogP contribution in [0.15, 0.2) is 54.6 Å². The minimum atomic E-state index is 0.0243. The molecular formula is C21H23NO3. The van der Waals surface area contributed by atoms with Crippen molar-refractivity contribution >= 4 is 12.0 Å². The van der Waals surface area contributed by atoms with Crippen LogP contribution in [0.4, 0.5) is 0 Å². The summed E-state index contributed by atoms with van der Waals surface area (Å²) in [6.07, 6.45) is 5.62. The Hall–Kier alpha value is -2.75. The van der Waals surface area contributed by atoms with Crippen LogP contribution in [0.3, 0.4) is 0 Å². The lowest BCUT2D eigenvalue weighted by Gasteiger charge is -2.22. The standard InChI is InChI=1S/C21H23NO3/c1-24-19-11-12-20(25-2)17(14-19)15-22(18-9-10-18)21(23)13-8-16-6-4-3-5-7-16/h3-8,11-14,18H,9-10,15H2,1-2H3. The largest absolute Gasteiger partial charge is 0.497 e. The fourth-order valence-corrected chi connectivity index (χ4v) is 2.79. The first kappa shape index (κ1) is 17.1. The SMILES string of the molecule is COc1ccc(OC)c(CN(C(=O)C=Cc2ccccc2)C2CC2)c1. The van der Waals surface area contributed by atoms with E-state index < -0.39 is 0 Å². The Kier molecular flexibility index (Phi) is 5.39. The van der Waals surface area contributed by atoms with Crippen molar-refractivity contribution in [1.29, 1.82) is 0 Å². The molecule has 0 unspecified atom stereocenters. The lowest BCUT2D eigenvalue weighted by molar-refractivity contribution is -0.127. The quantitative estimate of drug-likeness (QED) is 0.719. The van der Waals surface area contributed by atoms with E-state index in [0.717, 1.165) is 35.5 Å². The molecule has 1 aliphatic carbocycles. The molecule has 2 aromatic carbocycles.